The molecule has 2 rings (SSSR count). The van der Waals surface area contributed by atoms with Crippen LogP contribution in [0.15, 0.2) is 30.6 Å². The number of thiocarbonyl (C=S) groups is 1. The summed E-state index contributed by atoms with van der Waals surface area (Å²) in [4.78, 5) is 8.82. The molecule has 0 atom stereocenters. The molecule has 0 aliphatic carbocycles. The van der Waals surface area contributed by atoms with Crippen molar-refractivity contribution < 1.29 is 0 Å². The topological polar surface area (TPSA) is 56.7 Å². The summed E-state index contributed by atoms with van der Waals surface area (Å²) < 4.78 is 1.89. The van der Waals surface area contributed by atoms with Crippen molar-refractivity contribution in [3.63, 3.8) is 0 Å². The Morgan fingerprint density at radius 2 is 2.31 bits per heavy atom. The van der Waals surface area contributed by atoms with E-state index in [9.17, 15) is 0 Å². The fraction of sp³-hybridized carbons (Fsp3) is 0.182. The number of nitrogens with two attached hydrogens (primary N) is 1. The maximum Gasteiger partial charge on any atom is 0.167 e. The molecule has 0 fully saturated rings. The van der Waals surface area contributed by atoms with E-state index in [2.05, 4.69) is 9.97 Å². The number of hydrogen-bond donors (Lipinski definition) is 1. The maximum absolute atomic E-state index is 5.57. The van der Waals surface area contributed by atoms with Crippen molar-refractivity contribution in [2.45, 2.75) is 13.5 Å². The molecular weight excluding hydrogens is 220 g/mol. The van der Waals surface area contributed by atoms with Crippen LogP contribution in [-0.2, 0) is 6.54 Å². The summed E-state index contributed by atoms with van der Waals surface area (Å²) in [6.45, 7) is 2.60. The third kappa shape index (κ3) is 2.25. The summed E-state index contributed by atoms with van der Waals surface area (Å²) in [5.41, 5.74) is 7.53. The molecule has 0 amide bonds. The molecule has 5 heteroatoms. The van der Waals surface area contributed by atoms with Gasteiger partial charge < -0.3 is 10.3 Å². The number of imidazole rings is 1. The summed E-state index contributed by atoms with van der Waals surface area (Å²) >= 11 is 4.92. The molecule has 0 unspecified atom stereocenters. The lowest BCUT2D eigenvalue weighted by Crippen LogP contribution is -2.17. The van der Waals surface area contributed by atoms with Crippen LogP contribution in [0.5, 0.6) is 0 Å². The molecule has 0 radical (unpaired) electrons. The van der Waals surface area contributed by atoms with E-state index in [1.165, 1.54) is 0 Å². The van der Waals surface area contributed by atoms with Crippen LogP contribution in [0.3, 0.4) is 0 Å². The number of aryl methyl sites for hydroxylation is 1. The maximum atomic E-state index is 5.57. The lowest BCUT2D eigenvalue weighted by molar-refractivity contribution is 0.762. The van der Waals surface area contributed by atoms with Crippen LogP contribution in [0.2, 0.25) is 0 Å². The second kappa shape index (κ2) is 4.40. The molecule has 0 saturated carbocycles. The largest absolute Gasteiger partial charge is 0.387 e. The zero-order valence-corrected chi connectivity index (χ0v) is 9.74. The van der Waals surface area contributed by atoms with Gasteiger partial charge in [-0.2, -0.15) is 0 Å². The highest BCUT2D eigenvalue weighted by Crippen LogP contribution is 2.04. The normalized spacial score (nSPS) is 10.3. The minimum Gasteiger partial charge on any atom is -0.387 e. The van der Waals surface area contributed by atoms with Gasteiger partial charge in [-0.15, -0.1) is 0 Å². The fourth-order valence-corrected chi connectivity index (χ4v) is 1.69. The van der Waals surface area contributed by atoms with E-state index < -0.39 is 0 Å². The number of rotatable bonds is 3. The standard InChI is InChI=1S/C11H12N4S/c1-8-3-2-4-9(14-8)7-15-6-5-13-11(15)10(12)16/h2-6H,7H2,1H3,(H2,12,16). The van der Waals surface area contributed by atoms with Gasteiger partial charge in [-0.05, 0) is 19.1 Å². The molecule has 82 valence electrons. The average molecular weight is 232 g/mol. The van der Waals surface area contributed by atoms with Gasteiger partial charge in [-0.25, -0.2) is 4.98 Å². The summed E-state index contributed by atoms with van der Waals surface area (Å²) in [5.74, 6) is 0.623. The van der Waals surface area contributed by atoms with Gasteiger partial charge in [0.15, 0.2) is 5.82 Å². The molecule has 16 heavy (non-hydrogen) atoms. The van der Waals surface area contributed by atoms with Crippen LogP contribution in [-0.4, -0.2) is 19.5 Å². The van der Waals surface area contributed by atoms with Crippen LogP contribution in [0, 0.1) is 6.92 Å². The molecule has 2 aromatic rings. The molecule has 0 aromatic carbocycles. The van der Waals surface area contributed by atoms with Crippen molar-refractivity contribution in [3.8, 4) is 0 Å². The lowest BCUT2D eigenvalue weighted by atomic mass is 10.3. The third-order valence-electron chi connectivity index (χ3n) is 2.21. The highest BCUT2D eigenvalue weighted by molar-refractivity contribution is 7.80. The zero-order chi connectivity index (χ0) is 11.5. The van der Waals surface area contributed by atoms with Crippen molar-refractivity contribution in [1.29, 1.82) is 0 Å². The first kappa shape index (κ1) is 10.8. The van der Waals surface area contributed by atoms with Gasteiger partial charge in [0.25, 0.3) is 0 Å². The fourth-order valence-electron chi connectivity index (χ4n) is 1.52. The zero-order valence-electron chi connectivity index (χ0n) is 8.92. The van der Waals surface area contributed by atoms with Crippen molar-refractivity contribution in [1.82, 2.24) is 14.5 Å². The molecule has 4 nitrogen and oxygen atoms in total. The Bertz CT molecular complexity index is 518. The average Bonchev–Trinajstić information content (AvgIpc) is 2.66. The molecule has 0 spiro atoms. The van der Waals surface area contributed by atoms with Crippen LogP contribution in [0.1, 0.15) is 17.2 Å². The quantitative estimate of drug-likeness (QED) is 0.810. The van der Waals surface area contributed by atoms with Crippen LogP contribution in [0.4, 0.5) is 0 Å². The Labute approximate surface area is 99.1 Å². The van der Waals surface area contributed by atoms with E-state index in [0.717, 1.165) is 11.4 Å². The first-order chi connectivity index (χ1) is 7.66. The predicted molar refractivity (Wildman–Crippen MR) is 66.2 cm³/mol. The van der Waals surface area contributed by atoms with E-state index in [1.54, 1.807) is 6.20 Å². The van der Waals surface area contributed by atoms with E-state index in [4.69, 9.17) is 18.0 Å². The molecule has 2 N–H and O–H groups in total. The first-order valence-corrected chi connectivity index (χ1v) is 5.31. The molecule has 2 aromatic heterocycles. The monoisotopic (exact) mass is 232 g/mol. The number of aromatic nitrogens is 3. The predicted octanol–water partition coefficient (Wildman–Crippen LogP) is 1.27. The van der Waals surface area contributed by atoms with E-state index in [1.807, 2.05) is 35.9 Å². The minimum absolute atomic E-state index is 0.303. The molecular formula is C11H12N4S. The highest BCUT2D eigenvalue weighted by atomic mass is 32.1. The Balaban J connectivity index is 2.27. The van der Waals surface area contributed by atoms with Gasteiger partial charge in [0.1, 0.15) is 4.99 Å². The van der Waals surface area contributed by atoms with Gasteiger partial charge in [0.05, 0.1) is 12.2 Å². The molecule has 2 heterocycles. The Morgan fingerprint density at radius 1 is 1.50 bits per heavy atom. The minimum atomic E-state index is 0.303. The Kier molecular flexibility index (Phi) is 2.96. The number of nitrogens with zero attached hydrogens (tertiary/aromatic N) is 3. The van der Waals surface area contributed by atoms with Crippen molar-refractivity contribution in [3.05, 3.63) is 47.8 Å². The van der Waals surface area contributed by atoms with E-state index >= 15 is 0 Å². The van der Waals surface area contributed by atoms with E-state index in [0.29, 0.717) is 17.4 Å². The van der Waals surface area contributed by atoms with Crippen LogP contribution in [0.25, 0.3) is 0 Å². The van der Waals surface area contributed by atoms with Crippen molar-refractivity contribution in [2.75, 3.05) is 0 Å². The Morgan fingerprint density at radius 3 is 3.00 bits per heavy atom. The smallest absolute Gasteiger partial charge is 0.167 e. The van der Waals surface area contributed by atoms with Gasteiger partial charge in [0, 0.05) is 18.1 Å². The van der Waals surface area contributed by atoms with Gasteiger partial charge in [-0.1, -0.05) is 18.3 Å². The summed E-state index contributed by atoms with van der Waals surface area (Å²) in [6, 6.07) is 5.91. The van der Waals surface area contributed by atoms with Crippen molar-refractivity contribution >= 4 is 17.2 Å². The summed E-state index contributed by atoms with van der Waals surface area (Å²) in [7, 11) is 0. The number of pyridine rings is 1. The Hall–Kier alpha value is -1.75. The van der Waals surface area contributed by atoms with Gasteiger partial charge in [0.2, 0.25) is 0 Å². The SMILES string of the molecule is Cc1cccc(Cn2ccnc2C(N)=S)n1. The molecule has 0 bridgehead atoms. The molecule has 0 saturated heterocycles. The summed E-state index contributed by atoms with van der Waals surface area (Å²) in [5, 5.41) is 0. The van der Waals surface area contributed by atoms with Crippen LogP contribution < -0.4 is 5.73 Å². The molecule has 0 aliphatic rings. The van der Waals surface area contributed by atoms with Gasteiger partial charge >= 0.3 is 0 Å². The summed E-state index contributed by atoms with van der Waals surface area (Å²) in [6.07, 6.45) is 3.53. The molecule has 0 aliphatic heterocycles. The number of hydrogen-bond acceptors (Lipinski definition) is 3. The second-order valence-electron chi connectivity index (χ2n) is 3.51. The van der Waals surface area contributed by atoms with Crippen LogP contribution >= 0.6 is 12.2 Å². The first-order valence-electron chi connectivity index (χ1n) is 4.90. The van der Waals surface area contributed by atoms with E-state index in [-0.39, 0.29) is 0 Å². The second-order valence-corrected chi connectivity index (χ2v) is 3.95. The highest BCUT2D eigenvalue weighted by Gasteiger charge is 2.06. The lowest BCUT2D eigenvalue weighted by Gasteiger charge is -2.06. The van der Waals surface area contributed by atoms with Gasteiger partial charge in [-0.3, -0.25) is 4.98 Å². The van der Waals surface area contributed by atoms with Crippen molar-refractivity contribution in [2.24, 2.45) is 5.73 Å². The third-order valence-corrected chi connectivity index (χ3v) is 2.40.